The van der Waals surface area contributed by atoms with Crippen LogP contribution in [0.25, 0.3) is 27.6 Å². The van der Waals surface area contributed by atoms with Crippen LogP contribution in [0.5, 0.6) is 0 Å². The van der Waals surface area contributed by atoms with Crippen molar-refractivity contribution in [2.45, 2.75) is 5.98 Å². The number of hydrogen-bond donors (Lipinski definition) is 2. The lowest BCUT2D eigenvalue weighted by Gasteiger charge is -2.32. The minimum Gasteiger partial charge on any atom is -0.755 e. The van der Waals surface area contributed by atoms with Gasteiger partial charge in [-0.05, 0) is 35.4 Å². The average Bonchev–Trinajstić information content (AvgIpc) is 2.76. The van der Waals surface area contributed by atoms with E-state index in [9.17, 15) is 13.2 Å². The number of ether oxygens (including phenoxy) is 1. The normalized spacial score (nSPS) is 19.9. The molecule has 0 amide bonds. The average molecular weight is 430 g/mol. The molecule has 11 heteroatoms. The van der Waals surface area contributed by atoms with Crippen LogP contribution in [-0.2, 0) is 16.0 Å². The summed E-state index contributed by atoms with van der Waals surface area (Å²) in [6.07, 6.45) is 5.86. The molecule has 1 aromatic carbocycles. The van der Waals surface area contributed by atoms with Crippen LogP contribution in [0, 0.1) is 0 Å². The smallest absolute Gasteiger partial charge is 0.333 e. The third kappa shape index (κ3) is 3.54. The van der Waals surface area contributed by atoms with Gasteiger partial charge < -0.3 is 19.3 Å². The molecule has 0 radical (unpaired) electrons. The number of benzene rings is 1. The van der Waals surface area contributed by atoms with E-state index >= 15 is 4.39 Å². The van der Waals surface area contributed by atoms with E-state index in [1.807, 2.05) is 0 Å². The quantitative estimate of drug-likeness (QED) is 0.472. The predicted octanol–water partition coefficient (Wildman–Crippen LogP) is 2.47. The molecule has 0 saturated carbocycles. The molecule has 0 fully saturated rings. The van der Waals surface area contributed by atoms with E-state index in [4.69, 9.17) is 0 Å². The highest BCUT2D eigenvalue weighted by Gasteiger charge is 2.41. The minimum absolute atomic E-state index is 0.0576. The van der Waals surface area contributed by atoms with Crippen molar-refractivity contribution in [1.29, 1.82) is 0 Å². The molecule has 2 aromatic heterocycles. The van der Waals surface area contributed by atoms with Gasteiger partial charge in [-0.2, -0.15) is 14.6 Å². The van der Waals surface area contributed by atoms with Crippen molar-refractivity contribution in [3.63, 3.8) is 0 Å². The fourth-order valence-corrected chi connectivity index (χ4v) is 3.54. The van der Waals surface area contributed by atoms with Crippen LogP contribution in [0.2, 0.25) is 0 Å². The second-order valence-electron chi connectivity index (χ2n) is 6.25. The number of aromatic nitrogens is 3. The Kier molecular flexibility index (Phi) is 5.24. The summed E-state index contributed by atoms with van der Waals surface area (Å²) in [4.78, 5) is 4.31. The molecule has 2 unspecified atom stereocenters. The number of alkyl halides is 1. The summed E-state index contributed by atoms with van der Waals surface area (Å²) in [5.41, 5.74) is 1.64. The first-order chi connectivity index (χ1) is 14.4. The highest BCUT2D eigenvalue weighted by molar-refractivity contribution is 7.77. The van der Waals surface area contributed by atoms with E-state index in [1.54, 1.807) is 53.6 Å². The monoisotopic (exact) mass is 430 g/mol. The van der Waals surface area contributed by atoms with E-state index in [1.165, 1.54) is 0 Å². The molecule has 2 N–H and O–H groups in total. The van der Waals surface area contributed by atoms with E-state index < -0.39 is 28.8 Å². The van der Waals surface area contributed by atoms with Gasteiger partial charge in [0, 0.05) is 47.3 Å². The molecule has 0 spiro atoms. The molecule has 3 aromatic rings. The van der Waals surface area contributed by atoms with Crippen molar-refractivity contribution >= 4 is 27.7 Å². The molecule has 4 rings (SSSR count). The number of nitrogens with one attached hydrogen (secondary N) is 2. The summed E-state index contributed by atoms with van der Waals surface area (Å²) in [6.45, 7) is 0. The SMILES string of the molecule is COC1(F)NC=C(c2ccc3nccc(-c4ccnnc4)c3c2)C(F)=C1NS(=O)[O-]. The number of dihydropyridines is 1. The van der Waals surface area contributed by atoms with Gasteiger partial charge in [0.25, 0.3) is 0 Å². The number of allylic oxidation sites excluding steroid dienone is 2. The lowest BCUT2D eigenvalue weighted by Crippen LogP contribution is -2.49. The summed E-state index contributed by atoms with van der Waals surface area (Å²) in [5, 5.41) is 10.6. The lowest BCUT2D eigenvalue weighted by atomic mass is 9.96. The van der Waals surface area contributed by atoms with Gasteiger partial charge in [0.2, 0.25) is 0 Å². The highest BCUT2D eigenvalue weighted by Crippen LogP contribution is 2.37. The third-order valence-corrected chi connectivity index (χ3v) is 4.96. The van der Waals surface area contributed by atoms with Gasteiger partial charge in [0.05, 0.1) is 17.9 Å². The largest absolute Gasteiger partial charge is 0.755 e. The van der Waals surface area contributed by atoms with Gasteiger partial charge in [-0.15, -0.1) is 0 Å². The molecule has 1 aliphatic heterocycles. The van der Waals surface area contributed by atoms with Crippen LogP contribution in [0.15, 0.2) is 66.6 Å². The Balaban J connectivity index is 1.86. The summed E-state index contributed by atoms with van der Waals surface area (Å²) < 4.78 is 58.3. The van der Waals surface area contributed by atoms with Gasteiger partial charge in [0.15, 0.2) is 5.83 Å². The van der Waals surface area contributed by atoms with Crippen molar-refractivity contribution in [2.24, 2.45) is 0 Å². The maximum atomic E-state index is 15.1. The molecular weight excluding hydrogens is 416 g/mol. The first kappa shape index (κ1) is 20.0. The number of methoxy groups -OCH3 is 1. The number of halogens is 2. The van der Waals surface area contributed by atoms with Gasteiger partial charge in [-0.3, -0.25) is 9.19 Å². The van der Waals surface area contributed by atoms with Crippen molar-refractivity contribution in [3.8, 4) is 11.1 Å². The highest BCUT2D eigenvalue weighted by atomic mass is 32.2. The van der Waals surface area contributed by atoms with Crippen LogP contribution in [0.3, 0.4) is 0 Å². The fraction of sp³-hybridized carbons (Fsp3) is 0.105. The van der Waals surface area contributed by atoms with Gasteiger partial charge in [-0.25, -0.2) is 4.39 Å². The zero-order chi connectivity index (χ0) is 21.3. The Bertz CT molecular complexity index is 1210. The third-order valence-electron chi connectivity index (χ3n) is 4.59. The number of hydrogen-bond acceptors (Lipinski definition) is 7. The molecule has 1 aliphatic rings. The first-order valence-electron chi connectivity index (χ1n) is 8.57. The Labute approximate surface area is 172 Å². The summed E-state index contributed by atoms with van der Waals surface area (Å²) in [6, 6.07) is 8.52. The summed E-state index contributed by atoms with van der Waals surface area (Å²) in [7, 11) is 0.977. The van der Waals surface area contributed by atoms with E-state index in [0.717, 1.165) is 24.4 Å². The van der Waals surface area contributed by atoms with Crippen LogP contribution in [0.1, 0.15) is 5.56 Å². The van der Waals surface area contributed by atoms with E-state index in [2.05, 4.69) is 25.2 Å². The molecule has 30 heavy (non-hydrogen) atoms. The first-order valence-corrected chi connectivity index (χ1v) is 9.65. The van der Waals surface area contributed by atoms with Crippen molar-refractivity contribution in [2.75, 3.05) is 7.11 Å². The van der Waals surface area contributed by atoms with Crippen LogP contribution in [0.4, 0.5) is 8.78 Å². The number of pyridine rings is 1. The minimum atomic E-state index is -2.96. The van der Waals surface area contributed by atoms with Gasteiger partial charge >= 0.3 is 5.98 Å². The Hall–Kier alpha value is -3.28. The molecule has 3 heterocycles. The van der Waals surface area contributed by atoms with E-state index in [0.29, 0.717) is 16.5 Å². The number of rotatable bonds is 5. The summed E-state index contributed by atoms with van der Waals surface area (Å²) >= 11 is -2.96. The van der Waals surface area contributed by atoms with Gasteiger partial charge in [-0.1, -0.05) is 6.07 Å². The van der Waals surface area contributed by atoms with Crippen molar-refractivity contribution in [1.82, 2.24) is 25.2 Å². The summed E-state index contributed by atoms with van der Waals surface area (Å²) in [5.74, 6) is -3.97. The molecule has 2 atom stereocenters. The molecule has 0 saturated heterocycles. The second-order valence-corrected chi connectivity index (χ2v) is 6.92. The molecule has 0 bridgehead atoms. The standard InChI is InChI=1S/C19H15F2N5O3S/c1-29-19(21)18(26-30(27)28)17(20)15(10-23-19)11-2-3-16-14(8-11)13(5-6-22-16)12-4-7-24-25-9-12/h2-10,23,26H,1H3,(H,27,28)/p-1. The number of fused-ring (bicyclic) bond motifs is 1. The molecular formula is C19H14F2N5O3S-. The van der Waals surface area contributed by atoms with Crippen LogP contribution >= 0.6 is 0 Å². The zero-order valence-corrected chi connectivity index (χ0v) is 16.2. The topological polar surface area (TPSA) is 112 Å². The van der Waals surface area contributed by atoms with Gasteiger partial charge in [0.1, 0.15) is 5.70 Å². The van der Waals surface area contributed by atoms with E-state index in [-0.39, 0.29) is 5.57 Å². The Morgan fingerprint density at radius 1 is 1.20 bits per heavy atom. The molecule has 154 valence electrons. The van der Waals surface area contributed by atoms with Crippen molar-refractivity contribution < 1.29 is 22.3 Å². The Morgan fingerprint density at radius 3 is 2.73 bits per heavy atom. The Morgan fingerprint density at radius 2 is 2.03 bits per heavy atom. The maximum Gasteiger partial charge on any atom is 0.333 e. The van der Waals surface area contributed by atoms with Crippen molar-refractivity contribution in [3.05, 3.63) is 72.2 Å². The fourth-order valence-electron chi connectivity index (χ4n) is 3.16. The second kappa shape index (κ2) is 7.86. The molecule has 8 nitrogen and oxygen atoms in total. The molecule has 0 aliphatic carbocycles. The maximum absolute atomic E-state index is 15.1. The zero-order valence-electron chi connectivity index (χ0n) is 15.4. The van der Waals surface area contributed by atoms with Crippen LogP contribution in [-0.4, -0.2) is 37.0 Å². The lowest BCUT2D eigenvalue weighted by molar-refractivity contribution is -0.111. The predicted molar refractivity (Wildman–Crippen MR) is 105 cm³/mol. The number of nitrogens with zero attached hydrogens (tertiary/aromatic N) is 3. The van der Waals surface area contributed by atoms with Crippen LogP contribution < -0.4 is 10.0 Å².